The van der Waals surface area contributed by atoms with Crippen LogP contribution in [0.4, 0.5) is 5.69 Å². The van der Waals surface area contributed by atoms with Gasteiger partial charge in [-0.25, -0.2) is 9.78 Å². The Kier molecular flexibility index (Phi) is 5.37. The van der Waals surface area contributed by atoms with Crippen molar-refractivity contribution in [1.82, 2.24) is 14.5 Å². The van der Waals surface area contributed by atoms with Gasteiger partial charge in [0.25, 0.3) is 0 Å². The molecular weight excluding hydrogens is 380 g/mol. The number of hydrogen-bond acceptors (Lipinski definition) is 6. The summed E-state index contributed by atoms with van der Waals surface area (Å²) < 4.78 is 13.0. The standard InChI is InChI=1S/C23H28N4O3/c1-6-30-23(28)17-12-24-18-8-7-15(29-5)11-16(18)21(17)27-10-9-20-19(13-27)25-22(14(2)3)26(20)4/h7-8,11-12,14H,6,9-10,13H2,1-5H3. The summed E-state index contributed by atoms with van der Waals surface area (Å²) in [6.45, 7) is 7.87. The maximum atomic E-state index is 12.8. The molecule has 0 fully saturated rings. The highest BCUT2D eigenvalue weighted by atomic mass is 16.5. The van der Waals surface area contributed by atoms with E-state index in [1.165, 1.54) is 5.69 Å². The fraction of sp³-hybridized carbons (Fsp3) is 0.435. The van der Waals surface area contributed by atoms with E-state index in [0.717, 1.165) is 46.8 Å². The predicted molar refractivity (Wildman–Crippen MR) is 116 cm³/mol. The first-order valence-corrected chi connectivity index (χ1v) is 10.4. The molecule has 0 amide bonds. The van der Waals surface area contributed by atoms with Gasteiger partial charge >= 0.3 is 5.97 Å². The van der Waals surface area contributed by atoms with Crippen LogP contribution in [0.2, 0.25) is 0 Å². The van der Waals surface area contributed by atoms with Gasteiger partial charge < -0.3 is 18.9 Å². The van der Waals surface area contributed by atoms with Gasteiger partial charge in [0, 0.05) is 43.2 Å². The molecule has 1 aliphatic rings. The Hall–Kier alpha value is -3.09. The number of aromatic nitrogens is 3. The molecular formula is C23H28N4O3. The Morgan fingerprint density at radius 3 is 2.80 bits per heavy atom. The zero-order chi connectivity index (χ0) is 21.4. The van der Waals surface area contributed by atoms with Gasteiger partial charge in [-0.1, -0.05) is 13.8 Å². The fourth-order valence-electron chi connectivity index (χ4n) is 4.24. The number of nitrogens with zero attached hydrogens (tertiary/aromatic N) is 4. The van der Waals surface area contributed by atoms with Crippen molar-refractivity contribution in [3.63, 3.8) is 0 Å². The van der Waals surface area contributed by atoms with Crippen LogP contribution in [-0.2, 0) is 24.8 Å². The van der Waals surface area contributed by atoms with Crippen molar-refractivity contribution in [3.05, 3.63) is 47.2 Å². The van der Waals surface area contributed by atoms with Gasteiger partial charge in [0.1, 0.15) is 17.1 Å². The van der Waals surface area contributed by atoms with Crippen molar-refractivity contribution in [1.29, 1.82) is 0 Å². The van der Waals surface area contributed by atoms with Crippen molar-refractivity contribution in [2.24, 2.45) is 7.05 Å². The van der Waals surface area contributed by atoms with Gasteiger partial charge in [-0.05, 0) is 25.1 Å². The van der Waals surface area contributed by atoms with Gasteiger partial charge in [0.15, 0.2) is 0 Å². The molecule has 3 heterocycles. The largest absolute Gasteiger partial charge is 0.497 e. The van der Waals surface area contributed by atoms with Gasteiger partial charge in [0.2, 0.25) is 0 Å². The molecule has 0 bridgehead atoms. The number of hydrogen-bond donors (Lipinski definition) is 0. The molecule has 7 heteroatoms. The van der Waals surface area contributed by atoms with Crippen molar-refractivity contribution >= 4 is 22.6 Å². The minimum Gasteiger partial charge on any atom is -0.497 e. The van der Waals surface area contributed by atoms with Crippen LogP contribution in [0.25, 0.3) is 10.9 Å². The average molecular weight is 409 g/mol. The van der Waals surface area contributed by atoms with Gasteiger partial charge in [-0.3, -0.25) is 4.98 Å². The van der Waals surface area contributed by atoms with Crippen LogP contribution in [0.5, 0.6) is 5.75 Å². The second-order valence-electron chi connectivity index (χ2n) is 7.87. The van der Waals surface area contributed by atoms with Crippen LogP contribution in [-0.4, -0.2) is 40.8 Å². The van der Waals surface area contributed by atoms with E-state index < -0.39 is 0 Å². The van der Waals surface area contributed by atoms with Gasteiger partial charge in [-0.2, -0.15) is 0 Å². The minimum absolute atomic E-state index is 0.316. The minimum atomic E-state index is -0.362. The van der Waals surface area contributed by atoms with E-state index in [9.17, 15) is 4.79 Å². The SMILES string of the molecule is CCOC(=O)c1cnc2ccc(OC)cc2c1N1CCc2c(nc(C(C)C)n2C)C1. The van der Waals surface area contributed by atoms with E-state index >= 15 is 0 Å². The van der Waals surface area contributed by atoms with Crippen LogP contribution in [0, 0.1) is 0 Å². The molecule has 0 saturated heterocycles. The van der Waals surface area contributed by atoms with E-state index in [0.29, 0.717) is 24.6 Å². The monoisotopic (exact) mass is 408 g/mol. The number of carbonyl (C=O) groups is 1. The molecule has 2 aromatic heterocycles. The summed E-state index contributed by atoms with van der Waals surface area (Å²) in [7, 11) is 3.73. The molecule has 4 rings (SSSR count). The number of fused-ring (bicyclic) bond motifs is 2. The average Bonchev–Trinajstić information content (AvgIpc) is 3.08. The summed E-state index contributed by atoms with van der Waals surface area (Å²) in [5.74, 6) is 1.81. The zero-order valence-corrected chi connectivity index (χ0v) is 18.2. The highest BCUT2D eigenvalue weighted by Crippen LogP contribution is 2.36. The first-order valence-electron chi connectivity index (χ1n) is 10.4. The number of pyridine rings is 1. The maximum Gasteiger partial charge on any atom is 0.341 e. The lowest BCUT2D eigenvalue weighted by atomic mass is 10.0. The summed E-state index contributed by atoms with van der Waals surface area (Å²) in [6.07, 6.45) is 2.48. The van der Waals surface area contributed by atoms with Crippen LogP contribution < -0.4 is 9.64 Å². The normalized spacial score (nSPS) is 13.6. The first-order chi connectivity index (χ1) is 14.4. The van der Waals surface area contributed by atoms with E-state index in [-0.39, 0.29) is 5.97 Å². The Morgan fingerprint density at radius 2 is 2.10 bits per heavy atom. The number of methoxy groups -OCH3 is 1. The van der Waals surface area contributed by atoms with Crippen LogP contribution in [0.3, 0.4) is 0 Å². The number of imidazole rings is 1. The summed E-state index contributed by atoms with van der Waals surface area (Å²) in [5, 5.41) is 0.878. The van der Waals surface area contributed by atoms with Crippen molar-refractivity contribution in [3.8, 4) is 5.75 Å². The number of anilines is 1. The molecule has 3 aromatic rings. The first kappa shape index (κ1) is 20.2. The number of benzene rings is 1. The smallest absolute Gasteiger partial charge is 0.341 e. The van der Waals surface area contributed by atoms with E-state index in [1.54, 1.807) is 13.3 Å². The second-order valence-corrected chi connectivity index (χ2v) is 7.87. The predicted octanol–water partition coefficient (Wildman–Crippen LogP) is 3.84. The summed E-state index contributed by atoms with van der Waals surface area (Å²) in [4.78, 5) is 24.4. The molecule has 30 heavy (non-hydrogen) atoms. The number of carbonyl (C=O) groups excluding carboxylic acids is 1. The fourth-order valence-corrected chi connectivity index (χ4v) is 4.24. The molecule has 1 aliphatic heterocycles. The third kappa shape index (κ3) is 3.38. The third-order valence-electron chi connectivity index (χ3n) is 5.66. The highest BCUT2D eigenvalue weighted by Gasteiger charge is 2.28. The number of esters is 1. The van der Waals surface area contributed by atoms with Gasteiger partial charge in [-0.15, -0.1) is 0 Å². The molecule has 0 unspecified atom stereocenters. The van der Waals surface area contributed by atoms with Crippen LogP contribution >= 0.6 is 0 Å². The third-order valence-corrected chi connectivity index (χ3v) is 5.66. The summed E-state index contributed by atoms with van der Waals surface area (Å²) >= 11 is 0. The van der Waals surface area contributed by atoms with Crippen molar-refractivity contribution < 1.29 is 14.3 Å². The van der Waals surface area contributed by atoms with Gasteiger partial charge in [0.05, 0.1) is 37.2 Å². The molecule has 0 spiro atoms. The molecule has 1 aromatic carbocycles. The molecule has 0 aliphatic carbocycles. The zero-order valence-electron chi connectivity index (χ0n) is 18.2. The lowest BCUT2D eigenvalue weighted by Crippen LogP contribution is -2.32. The number of ether oxygens (including phenoxy) is 2. The maximum absolute atomic E-state index is 12.8. The van der Waals surface area contributed by atoms with Crippen molar-refractivity contribution in [2.75, 3.05) is 25.2 Å². The quantitative estimate of drug-likeness (QED) is 0.598. The topological polar surface area (TPSA) is 69.5 Å². The van der Waals surface area contributed by atoms with E-state index in [2.05, 4.69) is 35.3 Å². The Morgan fingerprint density at radius 1 is 1.30 bits per heavy atom. The van der Waals surface area contributed by atoms with Crippen LogP contribution in [0.1, 0.15) is 54.3 Å². The van der Waals surface area contributed by atoms with E-state index in [1.807, 2.05) is 25.1 Å². The molecule has 7 nitrogen and oxygen atoms in total. The Labute approximate surface area is 176 Å². The highest BCUT2D eigenvalue weighted by molar-refractivity contribution is 6.05. The van der Waals surface area contributed by atoms with Crippen LogP contribution in [0.15, 0.2) is 24.4 Å². The summed E-state index contributed by atoms with van der Waals surface area (Å²) in [6, 6.07) is 5.73. The van der Waals surface area contributed by atoms with Crippen molar-refractivity contribution in [2.45, 2.75) is 39.7 Å². The molecule has 0 N–H and O–H groups in total. The molecule has 0 radical (unpaired) electrons. The number of rotatable bonds is 5. The van der Waals surface area contributed by atoms with E-state index in [4.69, 9.17) is 14.5 Å². The lowest BCUT2D eigenvalue weighted by molar-refractivity contribution is 0.0526. The lowest BCUT2D eigenvalue weighted by Gasteiger charge is -2.31. The summed E-state index contributed by atoms with van der Waals surface area (Å²) in [5.41, 5.74) is 4.45. The molecule has 0 saturated carbocycles. The second kappa shape index (κ2) is 7.97. The Bertz CT molecular complexity index is 1100. The molecule has 0 atom stereocenters. The Balaban J connectivity index is 1.85. The molecule has 158 valence electrons.